The van der Waals surface area contributed by atoms with E-state index in [0.717, 1.165) is 5.56 Å². The average Bonchev–Trinajstić information content (AvgIpc) is 2.06. The van der Waals surface area contributed by atoms with Gasteiger partial charge < -0.3 is 4.74 Å². The summed E-state index contributed by atoms with van der Waals surface area (Å²) >= 11 is 0. The van der Waals surface area contributed by atoms with E-state index in [1.54, 1.807) is 6.07 Å². The Bertz CT molecular complexity index is 270. The lowest BCUT2D eigenvalue weighted by atomic mass is 10.2. The van der Waals surface area contributed by atoms with Crippen LogP contribution in [0.3, 0.4) is 0 Å². The van der Waals surface area contributed by atoms with Crippen molar-refractivity contribution in [2.45, 2.75) is 6.92 Å². The molecule has 0 amide bonds. The van der Waals surface area contributed by atoms with Gasteiger partial charge in [-0.15, -0.1) is 6.42 Å². The molecule has 1 aromatic carbocycles. The summed E-state index contributed by atoms with van der Waals surface area (Å²) < 4.78 is 5.23. The summed E-state index contributed by atoms with van der Waals surface area (Å²) in [5, 5.41) is 0. The van der Waals surface area contributed by atoms with Crippen LogP contribution in [0.1, 0.15) is 12.5 Å². The van der Waals surface area contributed by atoms with Crippen molar-refractivity contribution in [2.75, 3.05) is 6.61 Å². The van der Waals surface area contributed by atoms with Gasteiger partial charge in [0.1, 0.15) is 5.75 Å². The number of terminal acetylenes is 1. The minimum atomic E-state index is 0.620. The summed E-state index contributed by atoms with van der Waals surface area (Å²) in [4.78, 5) is 0. The van der Waals surface area contributed by atoms with Crippen molar-refractivity contribution in [1.29, 1.82) is 0 Å². The molecule has 11 heavy (non-hydrogen) atoms. The predicted octanol–water partition coefficient (Wildman–Crippen LogP) is 1.87. The molecule has 0 bridgehead atoms. The third kappa shape index (κ3) is 1.75. The Morgan fingerprint density at radius 2 is 2.55 bits per heavy atom. The number of hydrogen-bond donors (Lipinski definition) is 0. The van der Waals surface area contributed by atoms with E-state index in [1.807, 2.05) is 19.1 Å². The van der Waals surface area contributed by atoms with E-state index < -0.39 is 0 Å². The number of para-hydroxylation sites is 1. The maximum absolute atomic E-state index is 5.23. The number of ether oxygens (including phenoxy) is 1. The van der Waals surface area contributed by atoms with Gasteiger partial charge in [0.15, 0.2) is 0 Å². The van der Waals surface area contributed by atoms with E-state index in [-0.39, 0.29) is 0 Å². The lowest BCUT2D eigenvalue weighted by Gasteiger charge is -2.03. The fraction of sp³-hybridized carbons (Fsp3) is 0.200. The molecule has 0 heterocycles. The highest BCUT2D eigenvalue weighted by Gasteiger charge is 1.96. The van der Waals surface area contributed by atoms with Crippen LogP contribution in [0.4, 0.5) is 0 Å². The molecule has 0 N–H and O–H groups in total. The zero-order valence-corrected chi connectivity index (χ0v) is 6.42. The normalized spacial score (nSPS) is 8.73. The molecule has 0 saturated heterocycles. The van der Waals surface area contributed by atoms with Crippen LogP contribution in [0.2, 0.25) is 0 Å². The Morgan fingerprint density at radius 1 is 1.73 bits per heavy atom. The molecule has 0 fully saturated rings. The second-order valence-electron chi connectivity index (χ2n) is 1.99. The second-order valence-corrected chi connectivity index (χ2v) is 1.99. The molecule has 1 heteroatoms. The second kappa shape index (κ2) is 3.68. The SMILES string of the molecule is C#Cc1ccc[c]c1OCC. The molecule has 0 aromatic heterocycles. The molecule has 1 nitrogen and oxygen atoms in total. The van der Waals surface area contributed by atoms with Crippen molar-refractivity contribution in [3.8, 4) is 18.1 Å². The first kappa shape index (κ1) is 7.68. The Kier molecular flexibility index (Phi) is 2.57. The van der Waals surface area contributed by atoms with Gasteiger partial charge in [0.2, 0.25) is 0 Å². The van der Waals surface area contributed by atoms with E-state index >= 15 is 0 Å². The zero-order valence-electron chi connectivity index (χ0n) is 6.42. The molecule has 1 radical (unpaired) electrons. The van der Waals surface area contributed by atoms with Crippen molar-refractivity contribution < 1.29 is 4.74 Å². The molecule has 0 aliphatic rings. The van der Waals surface area contributed by atoms with Crippen LogP contribution in [-0.2, 0) is 0 Å². The maximum Gasteiger partial charge on any atom is 0.142 e. The van der Waals surface area contributed by atoms with Crippen LogP contribution in [0.15, 0.2) is 18.2 Å². The molecule has 0 saturated carbocycles. The minimum Gasteiger partial charge on any atom is -0.492 e. The van der Waals surface area contributed by atoms with Crippen molar-refractivity contribution in [2.24, 2.45) is 0 Å². The summed E-state index contributed by atoms with van der Waals surface area (Å²) in [5.74, 6) is 3.19. The van der Waals surface area contributed by atoms with E-state index in [2.05, 4.69) is 12.0 Å². The molecule has 55 valence electrons. The molecule has 0 aliphatic carbocycles. The van der Waals surface area contributed by atoms with Gasteiger partial charge >= 0.3 is 0 Å². The van der Waals surface area contributed by atoms with Crippen molar-refractivity contribution >= 4 is 0 Å². The third-order valence-electron chi connectivity index (χ3n) is 1.26. The van der Waals surface area contributed by atoms with E-state index in [9.17, 15) is 0 Å². The summed E-state index contributed by atoms with van der Waals surface area (Å²) in [5.41, 5.74) is 0.759. The topological polar surface area (TPSA) is 9.23 Å². The Hall–Kier alpha value is -1.42. The lowest BCUT2D eigenvalue weighted by molar-refractivity contribution is 0.338. The highest BCUT2D eigenvalue weighted by atomic mass is 16.5. The summed E-state index contributed by atoms with van der Waals surface area (Å²) in [7, 11) is 0. The Balaban J connectivity index is 2.95. The Labute approximate surface area is 67.0 Å². The molecule has 1 rings (SSSR count). The van der Waals surface area contributed by atoms with Crippen LogP contribution in [0, 0.1) is 18.4 Å². The Morgan fingerprint density at radius 3 is 3.18 bits per heavy atom. The lowest BCUT2D eigenvalue weighted by Crippen LogP contribution is -1.93. The summed E-state index contributed by atoms with van der Waals surface area (Å²) in [6.07, 6.45) is 5.23. The molecule has 0 aliphatic heterocycles. The third-order valence-corrected chi connectivity index (χ3v) is 1.26. The minimum absolute atomic E-state index is 0.620. The fourth-order valence-corrected chi connectivity index (χ4v) is 0.799. The monoisotopic (exact) mass is 145 g/mol. The van der Waals surface area contributed by atoms with E-state index in [4.69, 9.17) is 11.2 Å². The van der Waals surface area contributed by atoms with Crippen LogP contribution >= 0.6 is 0 Å². The standard InChI is InChI=1S/C10H9O/c1-3-9-7-5-6-8-10(9)11-4-2/h1,5-7H,4H2,2H3. The van der Waals surface area contributed by atoms with Crippen LogP contribution in [0.5, 0.6) is 5.75 Å². The number of hydrogen-bond acceptors (Lipinski definition) is 1. The molecule has 0 atom stereocenters. The number of benzene rings is 1. The first-order chi connectivity index (χ1) is 5.38. The van der Waals surface area contributed by atoms with Crippen LogP contribution < -0.4 is 4.74 Å². The zero-order chi connectivity index (χ0) is 8.10. The average molecular weight is 145 g/mol. The van der Waals surface area contributed by atoms with Crippen LogP contribution in [0.25, 0.3) is 0 Å². The van der Waals surface area contributed by atoms with Gasteiger partial charge in [0.25, 0.3) is 0 Å². The highest BCUT2D eigenvalue weighted by molar-refractivity contribution is 5.43. The fourth-order valence-electron chi connectivity index (χ4n) is 0.799. The van der Waals surface area contributed by atoms with Gasteiger partial charge in [0.05, 0.1) is 12.2 Å². The summed E-state index contributed by atoms with van der Waals surface area (Å²) in [6.45, 7) is 2.54. The van der Waals surface area contributed by atoms with Crippen LogP contribution in [-0.4, -0.2) is 6.61 Å². The van der Waals surface area contributed by atoms with Gasteiger partial charge in [-0.3, -0.25) is 0 Å². The molecule has 0 unspecified atom stereocenters. The molecule has 0 spiro atoms. The first-order valence-corrected chi connectivity index (χ1v) is 3.48. The smallest absolute Gasteiger partial charge is 0.142 e. The molecular formula is C10H9O. The van der Waals surface area contributed by atoms with E-state index in [0.29, 0.717) is 12.4 Å². The maximum atomic E-state index is 5.23. The molecule has 1 aromatic rings. The van der Waals surface area contributed by atoms with E-state index in [1.165, 1.54) is 0 Å². The van der Waals surface area contributed by atoms with Gasteiger partial charge in [-0.25, -0.2) is 0 Å². The van der Waals surface area contributed by atoms with Gasteiger partial charge in [-0.1, -0.05) is 18.1 Å². The number of rotatable bonds is 2. The van der Waals surface area contributed by atoms with Gasteiger partial charge in [-0.05, 0) is 13.0 Å². The van der Waals surface area contributed by atoms with Crippen molar-refractivity contribution in [3.05, 3.63) is 29.8 Å². The highest BCUT2D eigenvalue weighted by Crippen LogP contribution is 2.14. The van der Waals surface area contributed by atoms with Crippen molar-refractivity contribution in [1.82, 2.24) is 0 Å². The van der Waals surface area contributed by atoms with Gasteiger partial charge in [0, 0.05) is 6.07 Å². The quantitative estimate of drug-likeness (QED) is 0.577. The summed E-state index contributed by atoms with van der Waals surface area (Å²) in [6, 6.07) is 8.39. The van der Waals surface area contributed by atoms with Gasteiger partial charge in [-0.2, -0.15) is 0 Å². The largest absolute Gasteiger partial charge is 0.492 e. The predicted molar refractivity (Wildman–Crippen MR) is 44.4 cm³/mol. The molecular weight excluding hydrogens is 136 g/mol. The van der Waals surface area contributed by atoms with Crippen molar-refractivity contribution in [3.63, 3.8) is 0 Å². The first-order valence-electron chi connectivity index (χ1n) is 3.48.